The van der Waals surface area contributed by atoms with Crippen LogP contribution in [-0.2, 0) is 5.41 Å². The number of hydrogen-bond donors (Lipinski definition) is 0. The maximum Gasteiger partial charge on any atom is 0.0772 e. The molecule has 40 heavy (non-hydrogen) atoms. The first-order valence-corrected chi connectivity index (χ1v) is 15.1. The van der Waals surface area contributed by atoms with Gasteiger partial charge in [0.05, 0.1) is 4.88 Å². The molecule has 0 saturated carbocycles. The van der Waals surface area contributed by atoms with Crippen molar-refractivity contribution in [2.24, 2.45) is 5.41 Å². The third kappa shape index (κ3) is 3.89. The van der Waals surface area contributed by atoms with Gasteiger partial charge in [-0.25, -0.2) is 0 Å². The molecule has 0 spiro atoms. The van der Waals surface area contributed by atoms with Crippen molar-refractivity contribution >= 4 is 38.5 Å². The second-order valence-corrected chi connectivity index (χ2v) is 14.1. The van der Waals surface area contributed by atoms with Gasteiger partial charge in [-0.15, -0.1) is 17.8 Å². The third-order valence-corrected chi connectivity index (χ3v) is 9.99. The Labute approximate surface area is 242 Å². The van der Waals surface area contributed by atoms with E-state index in [0.717, 1.165) is 17.7 Å². The van der Waals surface area contributed by atoms with Crippen LogP contribution in [0.15, 0.2) is 90.5 Å². The van der Waals surface area contributed by atoms with Gasteiger partial charge in [0, 0.05) is 10.4 Å². The zero-order valence-electron chi connectivity index (χ0n) is 24.0. The number of terminal acetylenes is 1. The van der Waals surface area contributed by atoms with Gasteiger partial charge >= 0.3 is 0 Å². The number of allylic oxidation sites excluding steroid dienone is 4. The average Bonchev–Trinajstić information content (AvgIpc) is 3.39. The predicted molar refractivity (Wildman–Crippen MR) is 175 cm³/mol. The second-order valence-electron chi connectivity index (χ2n) is 13.0. The second kappa shape index (κ2) is 8.82. The molecular formula is C39H34S. The highest BCUT2D eigenvalue weighted by atomic mass is 32.1. The maximum absolute atomic E-state index is 5.77. The molecule has 5 aromatic rings. The van der Waals surface area contributed by atoms with Crippen molar-refractivity contribution in [3.05, 3.63) is 112 Å². The van der Waals surface area contributed by atoms with E-state index < -0.39 is 0 Å². The highest BCUT2D eigenvalue weighted by molar-refractivity contribution is 7.16. The largest absolute Gasteiger partial charge is 0.127 e. The summed E-state index contributed by atoms with van der Waals surface area (Å²) >= 11 is 1.70. The molecule has 0 bridgehead atoms. The lowest BCUT2D eigenvalue weighted by atomic mass is 9.64. The van der Waals surface area contributed by atoms with Gasteiger partial charge in [-0.05, 0) is 104 Å². The van der Waals surface area contributed by atoms with Crippen LogP contribution < -0.4 is 0 Å². The minimum atomic E-state index is 0.0829. The van der Waals surface area contributed by atoms with Gasteiger partial charge in [-0.3, -0.25) is 0 Å². The molecule has 0 saturated heterocycles. The van der Waals surface area contributed by atoms with Crippen molar-refractivity contribution in [2.75, 3.05) is 0 Å². The molecule has 2 aliphatic carbocycles. The molecule has 0 fully saturated rings. The van der Waals surface area contributed by atoms with Gasteiger partial charge in [0.15, 0.2) is 0 Å². The topological polar surface area (TPSA) is 0 Å². The molecule has 0 amide bonds. The van der Waals surface area contributed by atoms with Gasteiger partial charge in [0.25, 0.3) is 0 Å². The van der Waals surface area contributed by atoms with Gasteiger partial charge in [-0.1, -0.05) is 106 Å². The molecule has 1 aromatic heterocycles. The van der Waals surface area contributed by atoms with E-state index in [-0.39, 0.29) is 10.8 Å². The molecule has 0 unspecified atom stereocenters. The summed E-state index contributed by atoms with van der Waals surface area (Å²) in [5.74, 6) is 2.83. The summed E-state index contributed by atoms with van der Waals surface area (Å²) in [7, 11) is 0. The van der Waals surface area contributed by atoms with Crippen LogP contribution in [0.25, 0.3) is 48.7 Å². The fraction of sp³-hybridized carbons (Fsp3) is 0.231. The number of hydrogen-bond acceptors (Lipinski definition) is 1. The monoisotopic (exact) mass is 534 g/mol. The summed E-state index contributed by atoms with van der Waals surface area (Å²) in [6, 6.07) is 27.1. The van der Waals surface area contributed by atoms with Crippen molar-refractivity contribution < 1.29 is 0 Å². The summed E-state index contributed by atoms with van der Waals surface area (Å²) < 4.78 is 0. The first kappa shape index (κ1) is 25.1. The number of fused-ring (bicyclic) bond motifs is 5. The number of rotatable bonds is 2. The molecular weight excluding hydrogens is 500 g/mol. The van der Waals surface area contributed by atoms with Gasteiger partial charge < -0.3 is 0 Å². The van der Waals surface area contributed by atoms with Gasteiger partial charge in [-0.2, -0.15) is 0 Å². The van der Waals surface area contributed by atoms with Crippen LogP contribution in [0.2, 0.25) is 0 Å². The lowest BCUT2D eigenvalue weighted by Crippen LogP contribution is -2.27. The van der Waals surface area contributed by atoms with Crippen LogP contribution in [0.3, 0.4) is 0 Å². The lowest BCUT2D eigenvalue weighted by molar-refractivity contribution is 0.429. The van der Waals surface area contributed by atoms with Crippen LogP contribution in [0.5, 0.6) is 0 Å². The quantitative estimate of drug-likeness (QED) is 0.198. The zero-order valence-corrected chi connectivity index (χ0v) is 24.8. The zero-order chi connectivity index (χ0) is 27.8. The Balaban J connectivity index is 1.47. The molecule has 0 nitrogen and oxygen atoms in total. The Hall–Kier alpha value is -3.86. The Morgan fingerprint density at radius 1 is 0.775 bits per heavy atom. The third-order valence-electron chi connectivity index (χ3n) is 8.95. The van der Waals surface area contributed by atoms with Crippen LogP contribution in [-0.4, -0.2) is 0 Å². The standard InChI is InChI=1S/C39H34S/c1-7-28-14-17-35(40-28)36-30-11-9-8-10-25(30)12-15-31(36)33-21-26-13-16-32-29-18-19-38(3,4)22-27(29)23-39(5,6)37(32)34(26)20-24(33)2/h1,8-21H,22-23H2,2-6H3. The fourth-order valence-electron chi connectivity index (χ4n) is 7.23. The summed E-state index contributed by atoms with van der Waals surface area (Å²) in [6.45, 7) is 11.9. The minimum absolute atomic E-state index is 0.0829. The first-order chi connectivity index (χ1) is 19.1. The summed E-state index contributed by atoms with van der Waals surface area (Å²) in [5.41, 5.74) is 11.4. The van der Waals surface area contributed by atoms with Gasteiger partial charge in [0.2, 0.25) is 0 Å². The lowest BCUT2D eigenvalue weighted by Gasteiger charge is -2.40. The molecule has 1 heterocycles. The van der Waals surface area contributed by atoms with Crippen molar-refractivity contribution in [2.45, 2.75) is 52.9 Å². The van der Waals surface area contributed by atoms with E-state index in [4.69, 9.17) is 6.42 Å². The molecule has 0 N–H and O–H groups in total. The van der Waals surface area contributed by atoms with E-state index in [1.807, 2.05) is 0 Å². The van der Waals surface area contributed by atoms with E-state index in [1.54, 1.807) is 16.9 Å². The average molecular weight is 535 g/mol. The fourth-order valence-corrected chi connectivity index (χ4v) is 8.12. The van der Waals surface area contributed by atoms with E-state index in [0.29, 0.717) is 0 Å². The van der Waals surface area contributed by atoms with Crippen molar-refractivity contribution in [1.82, 2.24) is 0 Å². The van der Waals surface area contributed by atoms with E-state index in [1.165, 1.54) is 65.4 Å². The van der Waals surface area contributed by atoms with Crippen LogP contribution in [0.4, 0.5) is 0 Å². The van der Waals surface area contributed by atoms with Crippen molar-refractivity contribution in [1.29, 1.82) is 0 Å². The molecule has 2 aliphatic rings. The normalized spacial score (nSPS) is 17.1. The molecule has 4 aromatic carbocycles. The maximum atomic E-state index is 5.77. The van der Waals surface area contributed by atoms with Crippen LogP contribution >= 0.6 is 11.3 Å². The number of benzene rings is 4. The van der Waals surface area contributed by atoms with E-state index >= 15 is 0 Å². The molecule has 0 atom stereocenters. The smallest absolute Gasteiger partial charge is 0.0772 e. The SMILES string of the molecule is C#Cc1ccc(-c2c(-c3cc4ccc5c(c4cc3C)C(C)(C)CC3=C5C=CC(C)(C)C3)ccc3ccccc23)s1. The Kier molecular flexibility index (Phi) is 5.54. The van der Waals surface area contributed by atoms with E-state index in [2.05, 4.69) is 125 Å². The first-order valence-electron chi connectivity index (χ1n) is 14.2. The molecule has 0 aliphatic heterocycles. The highest BCUT2D eigenvalue weighted by Crippen LogP contribution is 2.52. The molecule has 0 radical (unpaired) electrons. The molecule has 7 rings (SSSR count). The predicted octanol–water partition coefficient (Wildman–Crippen LogP) is 11.1. The Morgan fingerprint density at radius 2 is 1.55 bits per heavy atom. The summed E-state index contributed by atoms with van der Waals surface area (Å²) in [4.78, 5) is 2.18. The minimum Gasteiger partial charge on any atom is -0.127 e. The van der Waals surface area contributed by atoms with Crippen molar-refractivity contribution in [3.63, 3.8) is 0 Å². The Bertz CT molecular complexity index is 1960. The molecule has 1 heteroatoms. The van der Waals surface area contributed by atoms with Crippen LogP contribution in [0.1, 0.15) is 62.1 Å². The number of aryl methyl sites for hydroxylation is 1. The van der Waals surface area contributed by atoms with Crippen molar-refractivity contribution in [3.8, 4) is 33.9 Å². The summed E-state index contributed by atoms with van der Waals surface area (Å²) in [5, 5.41) is 5.22. The highest BCUT2D eigenvalue weighted by Gasteiger charge is 2.36. The Morgan fingerprint density at radius 3 is 2.35 bits per heavy atom. The summed E-state index contributed by atoms with van der Waals surface area (Å²) in [6.07, 6.45) is 12.8. The molecule has 196 valence electrons. The van der Waals surface area contributed by atoms with E-state index in [9.17, 15) is 0 Å². The van der Waals surface area contributed by atoms with Gasteiger partial charge in [0.1, 0.15) is 0 Å². The van der Waals surface area contributed by atoms with Crippen LogP contribution in [0, 0.1) is 24.7 Å². The number of thiophene rings is 1.